The highest BCUT2D eigenvalue weighted by Crippen LogP contribution is 2.31. The Kier molecular flexibility index (Phi) is 2.75. The summed E-state index contributed by atoms with van der Waals surface area (Å²) in [5, 5.41) is 4.87. The fraction of sp³-hybridized carbons (Fsp3) is 0.125. The van der Waals surface area contributed by atoms with Gasteiger partial charge in [0.2, 0.25) is 6.10 Å². The molecule has 22 heavy (non-hydrogen) atoms. The Morgan fingerprint density at radius 1 is 1.14 bits per heavy atom. The maximum Gasteiger partial charge on any atom is 0.292 e. The van der Waals surface area contributed by atoms with Crippen LogP contribution in [-0.2, 0) is 0 Å². The molecule has 3 aromatic rings. The molecular weight excluding hydrogens is 282 g/mol. The maximum absolute atomic E-state index is 12.7. The minimum absolute atomic E-state index is 0.143. The molecule has 6 nitrogen and oxygen atoms in total. The Balaban J connectivity index is 1.70. The minimum Gasteiger partial charge on any atom is -0.485 e. The SMILES string of the molecule is Nc1nn(C(=O)[C@@H]2COc3ccccc3O2)c2ccccc12. The van der Waals surface area contributed by atoms with Gasteiger partial charge in [0, 0.05) is 5.39 Å². The maximum atomic E-state index is 12.7. The van der Waals surface area contributed by atoms with Gasteiger partial charge in [-0.1, -0.05) is 24.3 Å². The van der Waals surface area contributed by atoms with E-state index in [9.17, 15) is 4.79 Å². The molecule has 0 saturated carbocycles. The highest BCUT2D eigenvalue weighted by atomic mass is 16.6. The van der Waals surface area contributed by atoms with Crippen LogP contribution in [0.5, 0.6) is 11.5 Å². The smallest absolute Gasteiger partial charge is 0.292 e. The number of fused-ring (bicyclic) bond motifs is 2. The predicted molar refractivity (Wildman–Crippen MR) is 81.1 cm³/mol. The molecule has 0 aliphatic carbocycles. The van der Waals surface area contributed by atoms with Gasteiger partial charge in [-0.25, -0.2) is 0 Å². The number of nitrogens with two attached hydrogens (primary N) is 1. The van der Waals surface area contributed by atoms with Gasteiger partial charge in [-0.2, -0.15) is 4.68 Å². The van der Waals surface area contributed by atoms with E-state index in [0.717, 1.165) is 5.39 Å². The minimum atomic E-state index is -0.752. The molecular formula is C16H13N3O3. The summed E-state index contributed by atoms with van der Waals surface area (Å²) in [6.45, 7) is 0.143. The first-order valence-corrected chi connectivity index (χ1v) is 6.90. The van der Waals surface area contributed by atoms with Crippen molar-refractivity contribution in [2.45, 2.75) is 6.10 Å². The topological polar surface area (TPSA) is 79.4 Å². The molecule has 1 aliphatic rings. The zero-order valence-electron chi connectivity index (χ0n) is 11.6. The number of nitrogens with zero attached hydrogens (tertiary/aromatic N) is 2. The number of carbonyl (C=O) groups excluding carboxylic acids is 1. The average Bonchev–Trinajstić information content (AvgIpc) is 2.91. The molecule has 110 valence electrons. The van der Waals surface area contributed by atoms with Crippen molar-refractivity contribution in [3.8, 4) is 11.5 Å². The van der Waals surface area contributed by atoms with E-state index in [0.29, 0.717) is 22.8 Å². The van der Waals surface area contributed by atoms with Gasteiger partial charge >= 0.3 is 0 Å². The number of carbonyl (C=O) groups is 1. The van der Waals surface area contributed by atoms with Crippen LogP contribution in [0.3, 0.4) is 0 Å². The largest absolute Gasteiger partial charge is 0.485 e. The quantitative estimate of drug-likeness (QED) is 0.743. The molecule has 0 saturated heterocycles. The molecule has 0 radical (unpaired) electrons. The summed E-state index contributed by atoms with van der Waals surface area (Å²) < 4.78 is 12.6. The van der Waals surface area contributed by atoms with E-state index in [-0.39, 0.29) is 12.5 Å². The Morgan fingerprint density at radius 3 is 2.73 bits per heavy atom. The number of anilines is 1. The van der Waals surface area contributed by atoms with Crippen molar-refractivity contribution in [2.24, 2.45) is 0 Å². The summed E-state index contributed by atoms with van der Waals surface area (Å²) >= 11 is 0. The number of nitrogen functional groups attached to an aromatic ring is 1. The molecule has 2 N–H and O–H groups in total. The van der Waals surface area contributed by atoms with Gasteiger partial charge in [0.15, 0.2) is 17.3 Å². The Bertz CT molecular complexity index is 872. The van der Waals surface area contributed by atoms with Crippen LogP contribution in [0, 0.1) is 0 Å². The molecule has 4 rings (SSSR count). The predicted octanol–water partition coefficient (Wildman–Crippen LogP) is 2.10. The van der Waals surface area contributed by atoms with Gasteiger partial charge < -0.3 is 15.2 Å². The fourth-order valence-corrected chi connectivity index (χ4v) is 2.54. The van der Waals surface area contributed by atoms with Gasteiger partial charge in [0.25, 0.3) is 5.91 Å². The van der Waals surface area contributed by atoms with Crippen LogP contribution in [0.15, 0.2) is 48.5 Å². The van der Waals surface area contributed by atoms with Gasteiger partial charge in [0.1, 0.15) is 6.61 Å². The molecule has 2 heterocycles. The van der Waals surface area contributed by atoms with Crippen molar-refractivity contribution in [1.29, 1.82) is 0 Å². The molecule has 0 amide bonds. The molecule has 1 aromatic heterocycles. The number of rotatable bonds is 1. The summed E-state index contributed by atoms with van der Waals surface area (Å²) in [4.78, 5) is 12.7. The summed E-state index contributed by atoms with van der Waals surface area (Å²) in [6.07, 6.45) is -0.752. The normalized spacial score (nSPS) is 16.6. The Morgan fingerprint density at radius 2 is 1.86 bits per heavy atom. The van der Waals surface area contributed by atoms with Gasteiger partial charge in [0.05, 0.1) is 5.52 Å². The second kappa shape index (κ2) is 4.77. The molecule has 0 fully saturated rings. The summed E-state index contributed by atoms with van der Waals surface area (Å²) in [6, 6.07) is 14.6. The molecule has 6 heteroatoms. The number of hydrogen-bond acceptors (Lipinski definition) is 5. The fourth-order valence-electron chi connectivity index (χ4n) is 2.54. The van der Waals surface area contributed by atoms with E-state index in [1.807, 2.05) is 30.3 Å². The Labute approximate surface area is 126 Å². The average molecular weight is 295 g/mol. The van der Waals surface area contributed by atoms with Crippen LogP contribution in [-0.4, -0.2) is 28.4 Å². The van der Waals surface area contributed by atoms with E-state index in [1.54, 1.807) is 18.2 Å². The van der Waals surface area contributed by atoms with Crippen LogP contribution in [0.1, 0.15) is 4.79 Å². The third-order valence-corrected chi connectivity index (χ3v) is 3.61. The van der Waals surface area contributed by atoms with Crippen molar-refractivity contribution in [1.82, 2.24) is 9.78 Å². The second-order valence-corrected chi connectivity index (χ2v) is 5.02. The first-order valence-electron chi connectivity index (χ1n) is 6.90. The summed E-state index contributed by atoms with van der Waals surface area (Å²) in [7, 11) is 0. The van der Waals surface area contributed by atoms with E-state index in [2.05, 4.69) is 5.10 Å². The number of benzene rings is 2. The van der Waals surface area contributed by atoms with Gasteiger partial charge in [-0.05, 0) is 24.3 Å². The van der Waals surface area contributed by atoms with Crippen molar-refractivity contribution in [2.75, 3.05) is 12.3 Å². The van der Waals surface area contributed by atoms with Gasteiger partial charge in [-0.3, -0.25) is 4.79 Å². The lowest BCUT2D eigenvalue weighted by atomic mass is 10.2. The first kappa shape index (κ1) is 12.7. The lowest BCUT2D eigenvalue weighted by Crippen LogP contribution is -2.40. The van der Waals surface area contributed by atoms with Crippen molar-refractivity contribution >= 4 is 22.6 Å². The van der Waals surface area contributed by atoms with E-state index in [4.69, 9.17) is 15.2 Å². The number of ether oxygens (including phenoxy) is 2. The van der Waals surface area contributed by atoms with Crippen LogP contribution in [0.25, 0.3) is 10.9 Å². The molecule has 0 bridgehead atoms. The Hall–Kier alpha value is -3.02. The zero-order chi connectivity index (χ0) is 15.1. The number of aromatic nitrogens is 2. The van der Waals surface area contributed by atoms with Crippen molar-refractivity contribution in [3.05, 3.63) is 48.5 Å². The first-order chi connectivity index (χ1) is 10.7. The third-order valence-electron chi connectivity index (χ3n) is 3.61. The molecule has 0 unspecified atom stereocenters. The van der Waals surface area contributed by atoms with Crippen molar-refractivity contribution in [3.63, 3.8) is 0 Å². The zero-order valence-corrected chi connectivity index (χ0v) is 11.6. The summed E-state index contributed by atoms with van der Waals surface area (Å²) in [5.74, 6) is 1.21. The highest BCUT2D eigenvalue weighted by Gasteiger charge is 2.30. The van der Waals surface area contributed by atoms with E-state index >= 15 is 0 Å². The lowest BCUT2D eigenvalue weighted by molar-refractivity contribution is 0.0491. The number of hydrogen-bond donors (Lipinski definition) is 1. The van der Waals surface area contributed by atoms with Crippen LogP contribution in [0.2, 0.25) is 0 Å². The van der Waals surface area contributed by atoms with Crippen LogP contribution >= 0.6 is 0 Å². The standard InChI is InChI=1S/C16H13N3O3/c17-15-10-5-1-2-6-11(10)19(18-15)16(20)14-9-21-12-7-3-4-8-13(12)22-14/h1-8,14H,9H2,(H2,17,18)/t14-/m0/s1. The summed E-state index contributed by atoms with van der Waals surface area (Å²) in [5.41, 5.74) is 6.52. The van der Waals surface area contributed by atoms with E-state index in [1.165, 1.54) is 4.68 Å². The monoisotopic (exact) mass is 295 g/mol. The lowest BCUT2D eigenvalue weighted by Gasteiger charge is -2.25. The van der Waals surface area contributed by atoms with Gasteiger partial charge in [-0.15, -0.1) is 5.10 Å². The van der Waals surface area contributed by atoms with Crippen LogP contribution in [0.4, 0.5) is 5.82 Å². The van der Waals surface area contributed by atoms with Crippen LogP contribution < -0.4 is 15.2 Å². The third kappa shape index (κ3) is 1.88. The molecule has 2 aromatic carbocycles. The molecule has 1 aliphatic heterocycles. The highest BCUT2D eigenvalue weighted by molar-refractivity contribution is 5.98. The number of para-hydroxylation sites is 3. The van der Waals surface area contributed by atoms with E-state index < -0.39 is 6.10 Å². The molecule has 1 atom stereocenters. The van der Waals surface area contributed by atoms with Crippen molar-refractivity contribution < 1.29 is 14.3 Å². The second-order valence-electron chi connectivity index (χ2n) is 5.02. The molecule has 0 spiro atoms.